The first-order chi connectivity index (χ1) is 18.4. The molecule has 0 aliphatic carbocycles. The van der Waals surface area contributed by atoms with Crippen molar-refractivity contribution in [2.24, 2.45) is 7.05 Å². The van der Waals surface area contributed by atoms with Crippen LogP contribution in [-0.2, 0) is 11.8 Å². The summed E-state index contributed by atoms with van der Waals surface area (Å²) in [5.74, 6) is 0.0123. The Balaban J connectivity index is 1.58. The summed E-state index contributed by atoms with van der Waals surface area (Å²) >= 11 is 0. The number of nitrogen functional groups attached to an aromatic ring is 1. The SMILES string of the molecule is Cc1cc([C@H](C)Nc2ccccc2C(=O)OC(C)(C)C)c2nc(-c3ccc4c(c3)c(N)nn4C)cc(=O)n2c1. The van der Waals surface area contributed by atoms with Crippen LogP contribution in [0.4, 0.5) is 11.5 Å². The van der Waals surface area contributed by atoms with Crippen molar-refractivity contribution in [3.63, 3.8) is 0 Å². The van der Waals surface area contributed by atoms with Crippen molar-refractivity contribution in [1.29, 1.82) is 0 Å². The summed E-state index contributed by atoms with van der Waals surface area (Å²) < 4.78 is 8.89. The molecule has 0 aliphatic heterocycles. The summed E-state index contributed by atoms with van der Waals surface area (Å²) in [4.78, 5) is 31.1. The second-order valence-electron chi connectivity index (χ2n) is 10.8. The Morgan fingerprint density at radius 3 is 2.59 bits per heavy atom. The molecular weight excluding hydrogens is 492 g/mol. The highest BCUT2D eigenvalue weighted by Crippen LogP contribution is 2.29. The number of nitrogens with one attached hydrogen (secondary N) is 1. The van der Waals surface area contributed by atoms with E-state index in [2.05, 4.69) is 10.4 Å². The van der Waals surface area contributed by atoms with Crippen molar-refractivity contribution in [2.45, 2.75) is 46.3 Å². The van der Waals surface area contributed by atoms with Crippen molar-refractivity contribution in [3.8, 4) is 11.3 Å². The summed E-state index contributed by atoms with van der Waals surface area (Å²) in [5, 5.41) is 8.53. The summed E-state index contributed by atoms with van der Waals surface area (Å²) in [6, 6.07) is 16.2. The van der Waals surface area contributed by atoms with Gasteiger partial charge in [-0.1, -0.05) is 18.2 Å². The van der Waals surface area contributed by atoms with E-state index in [1.165, 1.54) is 6.07 Å². The molecule has 0 amide bonds. The van der Waals surface area contributed by atoms with Crippen molar-refractivity contribution in [1.82, 2.24) is 19.2 Å². The number of aryl methyl sites for hydroxylation is 2. The van der Waals surface area contributed by atoms with Crippen LogP contribution in [0.2, 0.25) is 0 Å². The lowest BCUT2D eigenvalue weighted by molar-refractivity contribution is 0.00706. The minimum Gasteiger partial charge on any atom is -0.456 e. The van der Waals surface area contributed by atoms with Gasteiger partial charge in [-0.05, 0) is 70.5 Å². The number of hydrogen-bond acceptors (Lipinski definition) is 7. The summed E-state index contributed by atoms with van der Waals surface area (Å²) in [7, 11) is 1.84. The third-order valence-electron chi connectivity index (χ3n) is 6.49. The molecule has 0 radical (unpaired) electrons. The number of aromatic nitrogens is 4. The molecule has 5 rings (SSSR count). The fourth-order valence-electron chi connectivity index (χ4n) is 4.72. The second kappa shape index (κ2) is 9.58. The quantitative estimate of drug-likeness (QED) is 0.301. The Morgan fingerprint density at radius 1 is 1.10 bits per heavy atom. The summed E-state index contributed by atoms with van der Waals surface area (Å²) in [5.41, 5.74) is 10.8. The molecule has 3 aromatic heterocycles. The number of anilines is 2. The third-order valence-corrected chi connectivity index (χ3v) is 6.49. The first kappa shape index (κ1) is 26.0. The lowest BCUT2D eigenvalue weighted by atomic mass is 10.0. The van der Waals surface area contributed by atoms with E-state index >= 15 is 0 Å². The van der Waals surface area contributed by atoms with Gasteiger partial charge in [0, 0.05) is 41.5 Å². The molecule has 3 N–H and O–H groups in total. The van der Waals surface area contributed by atoms with Gasteiger partial charge < -0.3 is 15.8 Å². The number of nitrogens with zero attached hydrogens (tertiary/aromatic N) is 4. The number of carbonyl (C=O) groups excluding carboxylic acids is 1. The van der Waals surface area contributed by atoms with Gasteiger partial charge in [0.1, 0.15) is 11.2 Å². The number of nitrogens with two attached hydrogens (primary N) is 1. The number of fused-ring (bicyclic) bond motifs is 2. The predicted octanol–water partition coefficient (Wildman–Crippen LogP) is 5.27. The highest BCUT2D eigenvalue weighted by Gasteiger charge is 2.22. The minimum atomic E-state index is -0.618. The number of para-hydroxylation sites is 1. The van der Waals surface area contributed by atoms with E-state index in [4.69, 9.17) is 15.5 Å². The largest absolute Gasteiger partial charge is 0.456 e. The van der Waals surface area contributed by atoms with Crippen LogP contribution in [0.3, 0.4) is 0 Å². The van der Waals surface area contributed by atoms with E-state index in [-0.39, 0.29) is 11.6 Å². The smallest absolute Gasteiger partial charge is 0.340 e. The number of esters is 1. The van der Waals surface area contributed by atoms with Crippen molar-refractivity contribution >= 4 is 34.0 Å². The van der Waals surface area contributed by atoms with E-state index in [1.54, 1.807) is 27.4 Å². The van der Waals surface area contributed by atoms with Crippen LogP contribution >= 0.6 is 0 Å². The Morgan fingerprint density at radius 2 is 1.85 bits per heavy atom. The van der Waals surface area contributed by atoms with Crippen LogP contribution < -0.4 is 16.6 Å². The number of rotatable bonds is 5. The maximum absolute atomic E-state index is 13.3. The molecule has 2 aromatic carbocycles. The fourth-order valence-corrected chi connectivity index (χ4v) is 4.72. The van der Waals surface area contributed by atoms with Gasteiger partial charge in [-0.25, -0.2) is 9.78 Å². The fraction of sp³-hybridized carbons (Fsp3) is 0.267. The minimum absolute atomic E-state index is 0.194. The van der Waals surface area contributed by atoms with Crippen LogP contribution in [-0.4, -0.2) is 30.7 Å². The van der Waals surface area contributed by atoms with Crippen LogP contribution in [0.15, 0.2) is 65.6 Å². The molecule has 0 saturated carbocycles. The molecule has 200 valence electrons. The van der Waals surface area contributed by atoms with Crippen LogP contribution in [0, 0.1) is 6.92 Å². The van der Waals surface area contributed by atoms with Gasteiger partial charge in [0.2, 0.25) is 0 Å². The highest BCUT2D eigenvalue weighted by atomic mass is 16.6. The van der Waals surface area contributed by atoms with Crippen molar-refractivity contribution in [3.05, 3.63) is 87.8 Å². The third kappa shape index (κ3) is 5.07. The molecule has 3 heterocycles. The molecule has 0 spiro atoms. The Hall–Kier alpha value is -4.66. The molecule has 9 nitrogen and oxygen atoms in total. The average molecular weight is 525 g/mol. The van der Waals surface area contributed by atoms with E-state index in [0.29, 0.717) is 28.4 Å². The molecule has 0 fully saturated rings. The lowest BCUT2D eigenvalue weighted by Gasteiger charge is -2.23. The number of pyridine rings is 1. The van der Waals surface area contributed by atoms with E-state index in [0.717, 1.165) is 27.6 Å². The molecule has 9 heteroatoms. The number of hydrogen-bond donors (Lipinski definition) is 2. The van der Waals surface area contributed by atoms with E-state index in [1.807, 2.05) is 78.1 Å². The summed E-state index contributed by atoms with van der Waals surface area (Å²) in [6.07, 6.45) is 1.78. The normalized spacial score (nSPS) is 12.6. The van der Waals surface area contributed by atoms with Gasteiger partial charge in [0.25, 0.3) is 5.56 Å². The van der Waals surface area contributed by atoms with Gasteiger partial charge in [0.15, 0.2) is 5.82 Å². The monoisotopic (exact) mass is 524 g/mol. The zero-order valence-corrected chi connectivity index (χ0v) is 22.9. The molecule has 0 unspecified atom stereocenters. The maximum atomic E-state index is 13.3. The van der Waals surface area contributed by atoms with Gasteiger partial charge in [-0.2, -0.15) is 5.10 Å². The molecule has 5 aromatic rings. The molecule has 39 heavy (non-hydrogen) atoms. The number of ether oxygens (including phenoxy) is 1. The molecule has 0 aliphatic rings. The van der Waals surface area contributed by atoms with Crippen LogP contribution in [0.25, 0.3) is 27.8 Å². The van der Waals surface area contributed by atoms with E-state index in [9.17, 15) is 9.59 Å². The first-order valence-electron chi connectivity index (χ1n) is 12.8. The lowest BCUT2D eigenvalue weighted by Crippen LogP contribution is -2.25. The second-order valence-corrected chi connectivity index (χ2v) is 10.8. The van der Waals surface area contributed by atoms with Crippen molar-refractivity contribution in [2.75, 3.05) is 11.1 Å². The predicted molar refractivity (Wildman–Crippen MR) is 154 cm³/mol. The number of carbonyl (C=O) groups is 1. The number of benzene rings is 2. The Bertz CT molecular complexity index is 1800. The highest BCUT2D eigenvalue weighted by molar-refractivity contribution is 5.96. The maximum Gasteiger partial charge on any atom is 0.340 e. The standard InChI is InChI=1S/C30H32N6O3/c1-17-13-21(18(2)32-23-10-8-7-9-20(23)29(38)39-30(3,4)5)28-33-24(15-26(37)36(28)16-17)19-11-12-25-22(14-19)27(31)34-35(25)6/h7-16,18,32H,1-6H3,(H2,31,34)/t18-/m0/s1. The molecule has 1 atom stereocenters. The first-order valence-corrected chi connectivity index (χ1v) is 12.8. The average Bonchev–Trinajstić information content (AvgIpc) is 3.15. The Kier molecular flexibility index (Phi) is 6.38. The zero-order valence-electron chi connectivity index (χ0n) is 22.9. The van der Waals surface area contributed by atoms with Gasteiger partial charge in [-0.3, -0.25) is 13.9 Å². The zero-order chi connectivity index (χ0) is 28.1. The summed E-state index contributed by atoms with van der Waals surface area (Å²) in [6.45, 7) is 9.42. The van der Waals surface area contributed by atoms with Crippen molar-refractivity contribution < 1.29 is 9.53 Å². The Labute approximate surface area is 226 Å². The van der Waals surface area contributed by atoms with Gasteiger partial charge >= 0.3 is 5.97 Å². The molecule has 0 saturated heterocycles. The van der Waals surface area contributed by atoms with Gasteiger partial charge in [-0.15, -0.1) is 0 Å². The molecular formula is C30H32N6O3. The molecule has 0 bridgehead atoms. The van der Waals surface area contributed by atoms with Gasteiger partial charge in [0.05, 0.1) is 22.8 Å². The topological polar surface area (TPSA) is 117 Å². The van der Waals surface area contributed by atoms with E-state index < -0.39 is 11.6 Å². The van der Waals surface area contributed by atoms with Crippen LogP contribution in [0.1, 0.15) is 55.2 Å². The van der Waals surface area contributed by atoms with Crippen LogP contribution in [0.5, 0.6) is 0 Å².